The van der Waals surface area contributed by atoms with Crippen LogP contribution in [0.2, 0.25) is 5.02 Å². The second-order valence-electron chi connectivity index (χ2n) is 3.57. The second kappa shape index (κ2) is 4.88. The summed E-state index contributed by atoms with van der Waals surface area (Å²) in [5, 5.41) is 0.695. The third-order valence-electron chi connectivity index (χ3n) is 2.38. The summed E-state index contributed by atoms with van der Waals surface area (Å²) in [6.07, 6.45) is 0. The van der Waals surface area contributed by atoms with Gasteiger partial charge in [0.1, 0.15) is 0 Å². The van der Waals surface area contributed by atoms with E-state index in [4.69, 9.17) is 17.3 Å². The van der Waals surface area contributed by atoms with Crippen LogP contribution in [0.15, 0.2) is 34.8 Å². The van der Waals surface area contributed by atoms with Crippen molar-refractivity contribution in [1.29, 1.82) is 0 Å². The molecular weight excluding hydrogens is 306 g/mol. The van der Waals surface area contributed by atoms with E-state index < -0.39 is 0 Å². The Kier molecular flexibility index (Phi) is 3.70. The van der Waals surface area contributed by atoms with Crippen LogP contribution >= 0.6 is 38.9 Å². The van der Waals surface area contributed by atoms with Gasteiger partial charge in [-0.25, -0.2) is 0 Å². The summed E-state index contributed by atoms with van der Waals surface area (Å²) in [7, 11) is 0. The molecule has 0 aliphatic rings. The molecule has 0 bridgehead atoms. The summed E-state index contributed by atoms with van der Waals surface area (Å²) < 4.78 is 0.885. The van der Waals surface area contributed by atoms with Crippen LogP contribution in [0.1, 0.15) is 21.4 Å². The third kappa shape index (κ3) is 2.33. The zero-order valence-electron chi connectivity index (χ0n) is 8.71. The van der Waals surface area contributed by atoms with Gasteiger partial charge in [0.05, 0.1) is 11.1 Å². The lowest BCUT2D eigenvalue weighted by Crippen LogP contribution is -2.10. The fourth-order valence-electron chi connectivity index (χ4n) is 1.53. The van der Waals surface area contributed by atoms with Crippen LogP contribution < -0.4 is 5.73 Å². The Morgan fingerprint density at radius 3 is 2.69 bits per heavy atom. The van der Waals surface area contributed by atoms with Gasteiger partial charge in [-0.05, 0) is 46.6 Å². The number of aryl methyl sites for hydroxylation is 1. The van der Waals surface area contributed by atoms with Crippen LogP contribution in [0.5, 0.6) is 0 Å². The molecule has 4 heteroatoms. The van der Waals surface area contributed by atoms with Crippen molar-refractivity contribution in [3.63, 3.8) is 0 Å². The molecule has 1 aromatic carbocycles. The summed E-state index contributed by atoms with van der Waals surface area (Å²) in [6.45, 7) is 2.07. The van der Waals surface area contributed by atoms with Crippen molar-refractivity contribution in [3.8, 4) is 0 Å². The molecule has 0 radical (unpaired) electrons. The van der Waals surface area contributed by atoms with Crippen molar-refractivity contribution < 1.29 is 0 Å². The van der Waals surface area contributed by atoms with E-state index in [-0.39, 0.29) is 6.04 Å². The van der Waals surface area contributed by atoms with Crippen molar-refractivity contribution in [2.75, 3.05) is 0 Å². The van der Waals surface area contributed by atoms with E-state index >= 15 is 0 Å². The SMILES string of the molecule is Cc1ccc(C(N)c2cccc(Br)c2Cl)s1. The topological polar surface area (TPSA) is 26.0 Å². The molecule has 1 aromatic heterocycles. The summed E-state index contributed by atoms with van der Waals surface area (Å²) in [5.74, 6) is 0. The predicted octanol–water partition coefficient (Wildman–Crippen LogP) is 4.52. The molecule has 0 saturated carbocycles. The van der Waals surface area contributed by atoms with Gasteiger partial charge in [-0.1, -0.05) is 23.7 Å². The van der Waals surface area contributed by atoms with Crippen molar-refractivity contribution in [2.24, 2.45) is 5.73 Å². The Labute approximate surface area is 112 Å². The average Bonchev–Trinajstić information content (AvgIpc) is 2.68. The number of rotatable bonds is 2. The van der Waals surface area contributed by atoms with E-state index in [2.05, 4.69) is 35.0 Å². The lowest BCUT2D eigenvalue weighted by molar-refractivity contribution is 0.893. The number of hydrogen-bond acceptors (Lipinski definition) is 2. The molecule has 1 nitrogen and oxygen atoms in total. The molecule has 1 unspecified atom stereocenters. The molecule has 84 valence electrons. The van der Waals surface area contributed by atoms with E-state index in [9.17, 15) is 0 Å². The number of thiophene rings is 1. The van der Waals surface area contributed by atoms with E-state index in [0.29, 0.717) is 5.02 Å². The fraction of sp³-hybridized carbons (Fsp3) is 0.167. The minimum absolute atomic E-state index is 0.149. The molecule has 0 saturated heterocycles. The summed E-state index contributed by atoms with van der Waals surface area (Å²) in [5.41, 5.74) is 7.16. The minimum Gasteiger partial charge on any atom is -0.320 e. The van der Waals surface area contributed by atoms with Crippen molar-refractivity contribution in [1.82, 2.24) is 0 Å². The molecule has 1 atom stereocenters. The number of benzene rings is 1. The second-order valence-corrected chi connectivity index (χ2v) is 6.12. The van der Waals surface area contributed by atoms with Gasteiger partial charge in [-0.2, -0.15) is 0 Å². The van der Waals surface area contributed by atoms with E-state index in [0.717, 1.165) is 14.9 Å². The molecular formula is C12H11BrClNS. The highest BCUT2D eigenvalue weighted by molar-refractivity contribution is 9.10. The van der Waals surface area contributed by atoms with E-state index in [1.54, 1.807) is 11.3 Å². The molecule has 0 amide bonds. The summed E-state index contributed by atoms with van der Waals surface area (Å²) >= 11 is 11.3. The van der Waals surface area contributed by atoms with Gasteiger partial charge in [0.2, 0.25) is 0 Å². The van der Waals surface area contributed by atoms with Crippen LogP contribution in [0.4, 0.5) is 0 Å². The Bertz CT molecular complexity index is 509. The molecule has 2 aromatic rings. The van der Waals surface area contributed by atoms with Gasteiger partial charge in [0.25, 0.3) is 0 Å². The smallest absolute Gasteiger partial charge is 0.0661 e. The van der Waals surface area contributed by atoms with Gasteiger partial charge in [0, 0.05) is 14.2 Å². The monoisotopic (exact) mass is 315 g/mol. The molecule has 0 spiro atoms. The highest BCUT2D eigenvalue weighted by Gasteiger charge is 2.15. The fourth-order valence-corrected chi connectivity index (χ4v) is 3.06. The predicted molar refractivity (Wildman–Crippen MR) is 74.2 cm³/mol. The van der Waals surface area contributed by atoms with Crippen molar-refractivity contribution in [2.45, 2.75) is 13.0 Å². The first kappa shape index (κ1) is 12.1. The minimum atomic E-state index is -0.149. The maximum absolute atomic E-state index is 6.22. The van der Waals surface area contributed by atoms with Crippen molar-refractivity contribution in [3.05, 3.63) is 55.1 Å². The molecule has 0 aliphatic carbocycles. The van der Waals surface area contributed by atoms with Gasteiger partial charge < -0.3 is 5.73 Å². The molecule has 16 heavy (non-hydrogen) atoms. The summed E-state index contributed by atoms with van der Waals surface area (Å²) in [4.78, 5) is 2.40. The number of nitrogens with two attached hydrogens (primary N) is 1. The zero-order chi connectivity index (χ0) is 11.7. The normalized spacial score (nSPS) is 12.8. The van der Waals surface area contributed by atoms with Gasteiger partial charge in [-0.3, -0.25) is 0 Å². The first-order valence-corrected chi connectivity index (χ1v) is 6.84. The highest BCUT2D eigenvalue weighted by atomic mass is 79.9. The lowest BCUT2D eigenvalue weighted by Gasteiger charge is -2.12. The quantitative estimate of drug-likeness (QED) is 0.866. The molecule has 0 aliphatic heterocycles. The molecule has 2 rings (SSSR count). The van der Waals surface area contributed by atoms with Gasteiger partial charge >= 0.3 is 0 Å². The third-order valence-corrected chi connectivity index (χ3v) is 4.78. The van der Waals surface area contributed by atoms with Crippen LogP contribution in [-0.2, 0) is 0 Å². The zero-order valence-corrected chi connectivity index (χ0v) is 11.9. The molecule has 0 fully saturated rings. The van der Waals surface area contributed by atoms with Gasteiger partial charge in [-0.15, -0.1) is 11.3 Å². The van der Waals surface area contributed by atoms with Gasteiger partial charge in [0.15, 0.2) is 0 Å². The Balaban J connectivity index is 2.41. The average molecular weight is 317 g/mol. The maximum Gasteiger partial charge on any atom is 0.0661 e. The summed E-state index contributed by atoms with van der Waals surface area (Å²) in [6, 6.07) is 9.81. The molecule has 2 N–H and O–H groups in total. The van der Waals surface area contributed by atoms with Crippen LogP contribution in [0.25, 0.3) is 0 Å². The number of hydrogen-bond donors (Lipinski definition) is 1. The molecule has 1 heterocycles. The Morgan fingerprint density at radius 2 is 2.06 bits per heavy atom. The Hall–Kier alpha value is -0.350. The van der Waals surface area contributed by atoms with Crippen molar-refractivity contribution >= 4 is 38.9 Å². The lowest BCUT2D eigenvalue weighted by atomic mass is 10.1. The first-order chi connectivity index (χ1) is 7.59. The first-order valence-electron chi connectivity index (χ1n) is 4.85. The van der Waals surface area contributed by atoms with E-state index in [1.807, 2.05) is 18.2 Å². The maximum atomic E-state index is 6.22. The van der Waals surface area contributed by atoms with Crippen LogP contribution in [0, 0.1) is 6.92 Å². The van der Waals surface area contributed by atoms with E-state index in [1.165, 1.54) is 4.88 Å². The highest BCUT2D eigenvalue weighted by Crippen LogP contribution is 2.34. The standard InChI is InChI=1S/C12H11BrClNS/c1-7-5-6-10(16-7)12(15)8-3-2-4-9(13)11(8)14/h2-6,12H,15H2,1H3. The largest absolute Gasteiger partial charge is 0.320 e. The Morgan fingerprint density at radius 1 is 1.31 bits per heavy atom. The van der Waals surface area contributed by atoms with Crippen LogP contribution in [-0.4, -0.2) is 0 Å². The van der Waals surface area contributed by atoms with Crippen LogP contribution in [0.3, 0.4) is 0 Å². The number of halogens is 2.